The first kappa shape index (κ1) is 16.2. The van der Waals surface area contributed by atoms with Crippen molar-refractivity contribution in [3.8, 4) is 5.75 Å². The molecule has 0 aromatic heterocycles. The highest BCUT2D eigenvalue weighted by Gasteiger charge is 2.27. The van der Waals surface area contributed by atoms with E-state index < -0.39 is 7.82 Å². The Labute approximate surface area is 115 Å². The Kier molecular flexibility index (Phi) is 7.14. The van der Waals surface area contributed by atoms with Gasteiger partial charge in [0.25, 0.3) is 0 Å². The van der Waals surface area contributed by atoms with Gasteiger partial charge in [0.1, 0.15) is 5.75 Å². The van der Waals surface area contributed by atoms with Crippen LogP contribution in [0.4, 0.5) is 0 Å². The Morgan fingerprint density at radius 1 is 1.16 bits per heavy atom. The Morgan fingerprint density at radius 2 is 1.84 bits per heavy atom. The van der Waals surface area contributed by atoms with Crippen LogP contribution in [-0.2, 0) is 9.09 Å². The van der Waals surface area contributed by atoms with E-state index in [1.165, 1.54) is 0 Å². The van der Waals surface area contributed by atoms with Crippen LogP contribution in [0.5, 0.6) is 5.75 Å². The molecule has 1 aromatic rings. The lowest BCUT2D eigenvalue weighted by atomic mass is 10.1. The molecule has 0 aliphatic rings. The number of phosphoric ester groups is 1. The highest BCUT2D eigenvalue weighted by atomic mass is 31.2. The van der Waals surface area contributed by atoms with Crippen molar-refractivity contribution in [2.45, 2.75) is 52.1 Å². The van der Waals surface area contributed by atoms with Gasteiger partial charge in [0, 0.05) is 0 Å². The van der Waals surface area contributed by atoms with E-state index in [1.54, 1.807) is 24.3 Å². The molecule has 1 aromatic carbocycles. The third-order valence-electron chi connectivity index (χ3n) is 2.74. The minimum absolute atomic E-state index is 0.218. The minimum Gasteiger partial charge on any atom is -0.404 e. The van der Waals surface area contributed by atoms with E-state index in [1.807, 2.05) is 13.0 Å². The molecule has 4 nitrogen and oxygen atoms in total. The van der Waals surface area contributed by atoms with E-state index in [9.17, 15) is 9.46 Å². The molecule has 2 atom stereocenters. The zero-order chi connectivity index (χ0) is 14.1. The number of hydrogen-bond acceptors (Lipinski definition) is 3. The topological polar surface area (TPSA) is 55.8 Å². The quantitative estimate of drug-likeness (QED) is 0.677. The number of phosphoric acid groups is 1. The van der Waals surface area contributed by atoms with Crippen molar-refractivity contribution in [1.82, 2.24) is 0 Å². The zero-order valence-corrected chi connectivity index (χ0v) is 12.5. The van der Waals surface area contributed by atoms with Crippen molar-refractivity contribution in [3.05, 3.63) is 30.3 Å². The summed E-state index contributed by atoms with van der Waals surface area (Å²) < 4.78 is 22.3. The van der Waals surface area contributed by atoms with Crippen LogP contribution >= 0.6 is 7.82 Å². The van der Waals surface area contributed by atoms with Gasteiger partial charge in [-0.1, -0.05) is 51.3 Å². The van der Waals surface area contributed by atoms with Gasteiger partial charge in [-0.3, -0.25) is 9.42 Å². The number of hydrogen-bond donors (Lipinski definition) is 1. The van der Waals surface area contributed by atoms with Crippen LogP contribution in [0.1, 0.15) is 46.0 Å². The molecule has 0 bridgehead atoms. The van der Waals surface area contributed by atoms with Crippen molar-refractivity contribution in [1.29, 1.82) is 0 Å². The average molecular weight is 286 g/mol. The Hall–Kier alpha value is -0.830. The van der Waals surface area contributed by atoms with Gasteiger partial charge in [-0.2, -0.15) is 0 Å². The number of unbranched alkanes of at least 4 members (excludes halogenated alkanes) is 1. The molecular weight excluding hydrogens is 263 g/mol. The second kappa shape index (κ2) is 8.36. The summed E-state index contributed by atoms with van der Waals surface area (Å²) in [6, 6.07) is 8.57. The van der Waals surface area contributed by atoms with E-state index >= 15 is 0 Å². The molecule has 108 valence electrons. The predicted molar refractivity (Wildman–Crippen MR) is 76.2 cm³/mol. The normalized spacial score (nSPS) is 15.7. The second-order valence-electron chi connectivity index (χ2n) is 4.53. The van der Waals surface area contributed by atoms with Crippen LogP contribution in [0, 0.1) is 0 Å². The number of para-hydroxylation sites is 1. The van der Waals surface area contributed by atoms with Crippen molar-refractivity contribution >= 4 is 7.82 Å². The van der Waals surface area contributed by atoms with Crippen molar-refractivity contribution in [3.63, 3.8) is 0 Å². The van der Waals surface area contributed by atoms with Crippen LogP contribution in [-0.4, -0.2) is 11.0 Å². The van der Waals surface area contributed by atoms with Crippen LogP contribution in [0.25, 0.3) is 0 Å². The summed E-state index contributed by atoms with van der Waals surface area (Å²) in [6.07, 6.45) is 4.27. The van der Waals surface area contributed by atoms with E-state index in [-0.39, 0.29) is 6.10 Å². The molecule has 0 saturated heterocycles. The molecule has 19 heavy (non-hydrogen) atoms. The largest absolute Gasteiger partial charge is 0.527 e. The van der Waals surface area contributed by atoms with Gasteiger partial charge in [0.2, 0.25) is 0 Å². The molecule has 1 N–H and O–H groups in total. The third-order valence-corrected chi connectivity index (χ3v) is 3.74. The SMILES string of the molecule is CCCCC(CCC)OP(=O)(O)Oc1ccccc1. The molecular formula is C14H23O4P. The standard InChI is InChI=1S/C14H23O4P/c1-3-5-10-13(9-4-2)17-19(15,16)18-14-11-7-6-8-12-14/h6-8,11-13H,3-5,9-10H2,1-2H3,(H,15,16). The van der Waals surface area contributed by atoms with E-state index in [0.717, 1.165) is 32.1 Å². The molecule has 0 radical (unpaired) electrons. The summed E-state index contributed by atoms with van der Waals surface area (Å²) in [5.74, 6) is 0.346. The molecule has 2 unspecified atom stereocenters. The van der Waals surface area contributed by atoms with Crippen LogP contribution in [0.15, 0.2) is 30.3 Å². The van der Waals surface area contributed by atoms with E-state index in [0.29, 0.717) is 5.75 Å². The molecule has 0 heterocycles. The van der Waals surface area contributed by atoms with Crippen LogP contribution < -0.4 is 4.52 Å². The fraction of sp³-hybridized carbons (Fsp3) is 0.571. The molecule has 0 fully saturated rings. The minimum atomic E-state index is -4.04. The Morgan fingerprint density at radius 3 is 2.42 bits per heavy atom. The molecule has 0 aliphatic heterocycles. The molecule has 0 aliphatic carbocycles. The fourth-order valence-corrected chi connectivity index (χ4v) is 2.85. The zero-order valence-electron chi connectivity index (χ0n) is 11.6. The van der Waals surface area contributed by atoms with Gasteiger partial charge < -0.3 is 4.52 Å². The van der Waals surface area contributed by atoms with Gasteiger partial charge in [-0.15, -0.1) is 0 Å². The molecule has 5 heteroatoms. The highest BCUT2D eigenvalue weighted by molar-refractivity contribution is 7.47. The summed E-state index contributed by atoms with van der Waals surface area (Å²) in [4.78, 5) is 9.78. The first-order valence-corrected chi connectivity index (χ1v) is 8.32. The lowest BCUT2D eigenvalue weighted by Crippen LogP contribution is -2.13. The van der Waals surface area contributed by atoms with Crippen molar-refractivity contribution in [2.24, 2.45) is 0 Å². The molecule has 1 rings (SSSR count). The van der Waals surface area contributed by atoms with Crippen LogP contribution in [0.2, 0.25) is 0 Å². The van der Waals surface area contributed by atoms with Gasteiger partial charge in [-0.05, 0) is 25.0 Å². The summed E-state index contributed by atoms with van der Waals surface area (Å²) in [5.41, 5.74) is 0. The average Bonchev–Trinajstić information content (AvgIpc) is 2.36. The predicted octanol–water partition coefficient (Wildman–Crippen LogP) is 4.54. The number of rotatable bonds is 9. The van der Waals surface area contributed by atoms with E-state index in [2.05, 4.69) is 6.92 Å². The summed E-state index contributed by atoms with van der Waals surface area (Å²) in [7, 11) is -4.04. The summed E-state index contributed by atoms with van der Waals surface area (Å²) in [5, 5.41) is 0. The van der Waals surface area contributed by atoms with Crippen molar-refractivity contribution in [2.75, 3.05) is 0 Å². The smallest absolute Gasteiger partial charge is 0.404 e. The van der Waals surface area contributed by atoms with E-state index in [4.69, 9.17) is 9.05 Å². The van der Waals surface area contributed by atoms with Gasteiger partial charge in [0.15, 0.2) is 0 Å². The fourth-order valence-electron chi connectivity index (χ4n) is 1.83. The Balaban J connectivity index is 2.57. The maximum absolute atomic E-state index is 11.9. The third kappa shape index (κ3) is 6.76. The van der Waals surface area contributed by atoms with Gasteiger partial charge in [0.05, 0.1) is 6.10 Å². The van der Waals surface area contributed by atoms with Gasteiger partial charge >= 0.3 is 7.82 Å². The van der Waals surface area contributed by atoms with Crippen molar-refractivity contribution < 1.29 is 18.5 Å². The van der Waals surface area contributed by atoms with Gasteiger partial charge in [-0.25, -0.2) is 4.57 Å². The van der Waals surface area contributed by atoms with Crippen LogP contribution in [0.3, 0.4) is 0 Å². The highest BCUT2D eigenvalue weighted by Crippen LogP contribution is 2.46. The lowest BCUT2D eigenvalue weighted by Gasteiger charge is -2.20. The Bertz CT molecular complexity index is 394. The lowest BCUT2D eigenvalue weighted by molar-refractivity contribution is 0.122. The first-order valence-electron chi connectivity index (χ1n) is 6.83. The number of benzene rings is 1. The maximum Gasteiger partial charge on any atom is 0.527 e. The molecule has 0 amide bonds. The summed E-state index contributed by atoms with van der Waals surface area (Å²) in [6.45, 7) is 4.12. The second-order valence-corrected chi connectivity index (χ2v) is 5.86. The monoisotopic (exact) mass is 286 g/mol. The first-order chi connectivity index (χ1) is 9.07. The molecule has 0 spiro atoms. The maximum atomic E-state index is 11.9. The molecule has 0 saturated carbocycles. The summed E-state index contributed by atoms with van der Waals surface area (Å²) >= 11 is 0.